The average Bonchev–Trinajstić information content (AvgIpc) is 2.83. The van der Waals surface area contributed by atoms with E-state index in [4.69, 9.17) is 4.74 Å². The number of halogens is 3. The van der Waals surface area contributed by atoms with Gasteiger partial charge in [-0.25, -0.2) is 4.39 Å². The summed E-state index contributed by atoms with van der Waals surface area (Å²) in [6, 6.07) is 3.64. The molecule has 15 heavy (non-hydrogen) atoms. The van der Waals surface area contributed by atoms with Gasteiger partial charge in [-0.3, -0.25) is 0 Å². The Kier molecular flexibility index (Phi) is 2.34. The molecule has 2 rings (SSSR count). The van der Waals surface area contributed by atoms with Gasteiger partial charge < -0.3 is 9.47 Å². The van der Waals surface area contributed by atoms with E-state index in [1.807, 2.05) is 0 Å². The van der Waals surface area contributed by atoms with Gasteiger partial charge in [-0.15, -0.1) is 0 Å². The smallest absolute Gasteiger partial charge is 0.387 e. The van der Waals surface area contributed by atoms with Crippen LogP contribution in [0.3, 0.4) is 0 Å². The maximum atomic E-state index is 13.4. The van der Waals surface area contributed by atoms with E-state index >= 15 is 0 Å². The summed E-state index contributed by atoms with van der Waals surface area (Å²) >= 11 is 0. The second kappa shape index (κ2) is 3.41. The second-order valence-corrected chi connectivity index (χ2v) is 3.54. The molecule has 0 spiro atoms. The molecule has 0 amide bonds. The summed E-state index contributed by atoms with van der Waals surface area (Å²) in [7, 11) is 0. The number of benzene rings is 1. The van der Waals surface area contributed by atoms with Crippen molar-refractivity contribution in [1.29, 1.82) is 0 Å². The predicted molar refractivity (Wildman–Crippen MR) is 46.3 cm³/mol. The lowest BCUT2D eigenvalue weighted by atomic mass is 10.0. The van der Waals surface area contributed by atoms with Crippen LogP contribution in [0.25, 0.3) is 0 Å². The van der Waals surface area contributed by atoms with Crippen molar-refractivity contribution in [1.82, 2.24) is 0 Å². The van der Waals surface area contributed by atoms with Gasteiger partial charge in [0.2, 0.25) is 0 Å². The van der Waals surface area contributed by atoms with Crippen LogP contribution >= 0.6 is 0 Å². The van der Waals surface area contributed by atoms with Gasteiger partial charge in [-0.1, -0.05) is 0 Å². The highest BCUT2D eigenvalue weighted by Crippen LogP contribution is 2.40. The van der Waals surface area contributed by atoms with E-state index in [2.05, 4.69) is 4.74 Å². The van der Waals surface area contributed by atoms with Gasteiger partial charge in [0, 0.05) is 11.6 Å². The van der Waals surface area contributed by atoms with E-state index < -0.39 is 18.0 Å². The van der Waals surface area contributed by atoms with E-state index in [-0.39, 0.29) is 5.75 Å². The zero-order valence-electron chi connectivity index (χ0n) is 7.97. The number of ether oxygens (including phenoxy) is 2. The third-order valence-corrected chi connectivity index (χ3v) is 2.31. The average molecular weight is 218 g/mol. The Hall–Kier alpha value is -1.23. The van der Waals surface area contributed by atoms with Crippen LogP contribution in [-0.4, -0.2) is 13.2 Å². The fraction of sp³-hybridized carbons (Fsp3) is 0.400. The van der Waals surface area contributed by atoms with Crippen molar-refractivity contribution >= 4 is 0 Å². The minimum Gasteiger partial charge on any atom is -0.435 e. The number of hydrogen-bond acceptors (Lipinski definition) is 2. The van der Waals surface area contributed by atoms with Crippen molar-refractivity contribution in [3.05, 3.63) is 29.6 Å². The Balaban J connectivity index is 2.23. The van der Waals surface area contributed by atoms with Gasteiger partial charge >= 0.3 is 6.61 Å². The van der Waals surface area contributed by atoms with Crippen molar-refractivity contribution in [2.45, 2.75) is 19.1 Å². The quantitative estimate of drug-likeness (QED) is 0.727. The van der Waals surface area contributed by atoms with Crippen LogP contribution < -0.4 is 4.74 Å². The van der Waals surface area contributed by atoms with Crippen LogP contribution in [0.4, 0.5) is 13.2 Å². The molecule has 0 N–H and O–H groups in total. The largest absolute Gasteiger partial charge is 0.435 e. The molecule has 1 fully saturated rings. The molecule has 1 atom stereocenters. The monoisotopic (exact) mass is 218 g/mol. The van der Waals surface area contributed by atoms with E-state index in [0.29, 0.717) is 12.2 Å². The molecule has 1 aliphatic heterocycles. The van der Waals surface area contributed by atoms with Gasteiger partial charge in [0.15, 0.2) is 0 Å². The molecular weight excluding hydrogens is 209 g/mol. The highest BCUT2D eigenvalue weighted by atomic mass is 19.3. The lowest BCUT2D eigenvalue weighted by Crippen LogP contribution is -2.07. The third-order valence-electron chi connectivity index (χ3n) is 2.31. The lowest BCUT2D eigenvalue weighted by molar-refractivity contribution is -0.0500. The second-order valence-electron chi connectivity index (χ2n) is 3.54. The molecule has 0 radical (unpaired) electrons. The molecule has 0 saturated carbocycles. The van der Waals surface area contributed by atoms with Gasteiger partial charge in [0.1, 0.15) is 17.2 Å². The highest BCUT2D eigenvalue weighted by Gasteiger charge is 2.43. The molecule has 82 valence electrons. The minimum absolute atomic E-state index is 0.185. The first-order chi connectivity index (χ1) is 7.01. The van der Waals surface area contributed by atoms with Crippen molar-refractivity contribution in [3.8, 4) is 5.75 Å². The van der Waals surface area contributed by atoms with E-state index in [1.165, 1.54) is 12.1 Å². The van der Waals surface area contributed by atoms with Crippen molar-refractivity contribution < 1.29 is 22.6 Å². The normalized spacial score (nSPS) is 24.3. The zero-order chi connectivity index (χ0) is 11.1. The van der Waals surface area contributed by atoms with Crippen molar-refractivity contribution in [2.75, 3.05) is 6.61 Å². The number of hydrogen-bond donors (Lipinski definition) is 0. The summed E-state index contributed by atoms with van der Waals surface area (Å²) in [6.07, 6.45) is 0. The minimum atomic E-state index is -2.94. The molecule has 5 heteroatoms. The molecule has 1 saturated heterocycles. The Morgan fingerprint density at radius 2 is 2.13 bits per heavy atom. The highest BCUT2D eigenvalue weighted by molar-refractivity contribution is 5.34. The van der Waals surface area contributed by atoms with Crippen molar-refractivity contribution in [3.63, 3.8) is 0 Å². The summed E-state index contributed by atoms with van der Waals surface area (Å²) in [5.41, 5.74) is -0.239. The predicted octanol–water partition coefficient (Wildman–Crippen LogP) is 2.67. The maximum absolute atomic E-state index is 13.4. The van der Waals surface area contributed by atoms with E-state index in [0.717, 1.165) is 6.07 Å². The summed E-state index contributed by atoms with van der Waals surface area (Å²) in [5.74, 6) is -0.774. The first kappa shape index (κ1) is 10.3. The fourth-order valence-electron chi connectivity index (χ4n) is 1.36. The summed E-state index contributed by atoms with van der Waals surface area (Å²) in [4.78, 5) is 0. The molecule has 0 bridgehead atoms. The van der Waals surface area contributed by atoms with E-state index in [9.17, 15) is 13.2 Å². The summed E-state index contributed by atoms with van der Waals surface area (Å²) in [6.45, 7) is -0.763. The standard InChI is InChI=1S/C10H9F3O2/c1-10(5-14-10)7-3-2-6(4-8(7)11)15-9(12)13/h2-4,9H,5H2,1H3. The third kappa shape index (κ3) is 2.07. The van der Waals surface area contributed by atoms with Crippen LogP contribution in [0, 0.1) is 5.82 Å². The Morgan fingerprint density at radius 1 is 1.47 bits per heavy atom. The molecule has 1 aromatic carbocycles. The first-order valence-electron chi connectivity index (χ1n) is 4.40. The Bertz CT molecular complexity index is 375. The lowest BCUT2D eigenvalue weighted by Gasteiger charge is -2.09. The zero-order valence-corrected chi connectivity index (χ0v) is 7.97. The summed E-state index contributed by atoms with van der Waals surface area (Å²) < 4.78 is 46.2. The molecule has 0 aromatic heterocycles. The van der Waals surface area contributed by atoms with Crippen molar-refractivity contribution in [2.24, 2.45) is 0 Å². The van der Waals surface area contributed by atoms with Crippen LogP contribution in [0.5, 0.6) is 5.75 Å². The maximum Gasteiger partial charge on any atom is 0.387 e. The van der Waals surface area contributed by atoms with Gasteiger partial charge in [-0.2, -0.15) is 8.78 Å². The van der Waals surface area contributed by atoms with Gasteiger partial charge in [-0.05, 0) is 19.1 Å². The van der Waals surface area contributed by atoms with Gasteiger partial charge in [0.25, 0.3) is 0 Å². The molecule has 1 aromatic rings. The number of rotatable bonds is 3. The topological polar surface area (TPSA) is 21.8 Å². The van der Waals surface area contributed by atoms with Gasteiger partial charge in [0.05, 0.1) is 6.61 Å². The number of epoxide rings is 1. The molecule has 1 unspecified atom stereocenters. The molecule has 2 nitrogen and oxygen atoms in total. The van der Waals surface area contributed by atoms with Crippen LogP contribution in [0.1, 0.15) is 12.5 Å². The fourth-order valence-corrected chi connectivity index (χ4v) is 1.36. The van der Waals surface area contributed by atoms with E-state index in [1.54, 1.807) is 6.92 Å². The summed E-state index contributed by atoms with van der Waals surface area (Å²) in [5, 5.41) is 0. The first-order valence-corrected chi connectivity index (χ1v) is 4.40. The van der Waals surface area contributed by atoms with Crippen LogP contribution in [-0.2, 0) is 10.3 Å². The van der Waals surface area contributed by atoms with Crippen LogP contribution in [0.2, 0.25) is 0 Å². The Morgan fingerprint density at radius 3 is 2.60 bits per heavy atom. The molecule has 1 aliphatic rings. The molecule has 1 heterocycles. The molecular formula is C10H9F3O2. The Labute approximate surface area is 84.6 Å². The SMILES string of the molecule is CC1(c2ccc(OC(F)F)cc2F)CO1. The van der Waals surface area contributed by atoms with Crippen LogP contribution in [0.15, 0.2) is 18.2 Å². The molecule has 0 aliphatic carbocycles. The number of alkyl halides is 2.